The van der Waals surface area contributed by atoms with Gasteiger partial charge in [-0.3, -0.25) is 9.36 Å². The van der Waals surface area contributed by atoms with E-state index in [1.165, 1.54) is 7.05 Å². The Morgan fingerprint density at radius 2 is 2.00 bits per heavy atom. The smallest absolute Gasteiger partial charge is 0.352 e. The summed E-state index contributed by atoms with van der Waals surface area (Å²) in [6.45, 7) is 2.54. The van der Waals surface area contributed by atoms with Gasteiger partial charge in [0, 0.05) is 19.7 Å². The van der Waals surface area contributed by atoms with Crippen LogP contribution in [0.4, 0.5) is 0 Å². The first-order chi connectivity index (χ1) is 10.1. The predicted octanol–water partition coefficient (Wildman–Crippen LogP) is 0.243. The van der Waals surface area contributed by atoms with Crippen LogP contribution in [-0.2, 0) is 13.6 Å². The fourth-order valence-electron chi connectivity index (χ4n) is 2.47. The molecule has 7 heteroatoms. The van der Waals surface area contributed by atoms with Crippen LogP contribution in [-0.4, -0.2) is 14.1 Å². The maximum atomic E-state index is 12.5. The second-order valence-corrected chi connectivity index (χ2v) is 4.87. The van der Waals surface area contributed by atoms with Gasteiger partial charge >= 0.3 is 16.9 Å². The van der Waals surface area contributed by atoms with Gasteiger partial charge in [-0.1, -0.05) is 19.1 Å². The van der Waals surface area contributed by atoms with E-state index in [1.807, 2.05) is 6.92 Å². The highest BCUT2D eigenvalue weighted by atomic mass is 16.5. The molecular formula is C14H14N4O3. The molecule has 0 aliphatic carbocycles. The first-order valence-corrected chi connectivity index (χ1v) is 6.68. The first kappa shape index (κ1) is 13.3. The lowest BCUT2D eigenvalue weighted by molar-refractivity contribution is -0.567. The maximum Gasteiger partial charge on any atom is 0.352 e. The van der Waals surface area contributed by atoms with Crippen LogP contribution in [0.2, 0.25) is 0 Å². The number of nitrogens with zero attached hydrogens (tertiary/aromatic N) is 4. The number of hydrogen-bond acceptors (Lipinski definition) is 4. The number of aryl methyl sites for hydroxylation is 1. The molecule has 0 unspecified atom stereocenters. The highest BCUT2D eigenvalue weighted by Crippen LogP contribution is 2.19. The van der Waals surface area contributed by atoms with Gasteiger partial charge in [-0.15, -0.1) is 0 Å². The van der Waals surface area contributed by atoms with Crippen LogP contribution in [0.15, 0.2) is 33.9 Å². The zero-order chi connectivity index (χ0) is 15.1. The molecule has 1 aromatic rings. The average molecular weight is 286 g/mol. The molecule has 2 aliphatic heterocycles. The molecule has 1 aromatic carbocycles. The Morgan fingerprint density at radius 3 is 2.71 bits per heavy atom. The van der Waals surface area contributed by atoms with Crippen molar-refractivity contribution in [2.45, 2.75) is 19.9 Å². The van der Waals surface area contributed by atoms with Crippen molar-refractivity contribution in [1.29, 1.82) is 0 Å². The monoisotopic (exact) mass is 286 g/mol. The standard InChI is InChI=1S/C14H14N4O3/c1-3-8-17-9-6-4-5-7-10(9)18(21)11-12(17)15-14(20)16(2)13(11)19/h4-7H,3,8H2,1-2H3. The number of benzene rings is 1. The molecule has 7 nitrogen and oxygen atoms in total. The van der Waals surface area contributed by atoms with Crippen molar-refractivity contribution >= 4 is 11.0 Å². The lowest BCUT2D eigenvalue weighted by Gasteiger charge is -2.16. The van der Waals surface area contributed by atoms with Crippen molar-refractivity contribution in [3.8, 4) is 11.5 Å². The fourth-order valence-corrected chi connectivity index (χ4v) is 2.47. The summed E-state index contributed by atoms with van der Waals surface area (Å²) in [6, 6.07) is 6.97. The second kappa shape index (κ2) is 4.69. The molecule has 0 N–H and O–H groups in total. The van der Waals surface area contributed by atoms with Gasteiger partial charge in [0.2, 0.25) is 11.3 Å². The number of para-hydroxylation sites is 2. The third kappa shape index (κ3) is 1.81. The van der Waals surface area contributed by atoms with E-state index >= 15 is 0 Å². The quantitative estimate of drug-likeness (QED) is 0.384. The average Bonchev–Trinajstić information content (AvgIpc) is 2.49. The topological polar surface area (TPSA) is 83.8 Å². The molecule has 3 rings (SSSR count). The molecular weight excluding hydrogens is 272 g/mol. The molecule has 0 aromatic heterocycles. The Kier molecular flexibility index (Phi) is 2.97. The molecule has 0 bridgehead atoms. The summed E-state index contributed by atoms with van der Waals surface area (Å²) >= 11 is 0. The number of rotatable bonds is 2. The first-order valence-electron chi connectivity index (χ1n) is 6.68. The molecule has 21 heavy (non-hydrogen) atoms. The Balaban J connectivity index is 2.64. The Morgan fingerprint density at radius 1 is 1.29 bits per heavy atom. The van der Waals surface area contributed by atoms with Gasteiger partial charge in [-0.25, -0.2) is 4.79 Å². The van der Waals surface area contributed by atoms with Crippen LogP contribution in [0.3, 0.4) is 0 Å². The summed E-state index contributed by atoms with van der Waals surface area (Å²) in [6.07, 6.45) is 0.789. The van der Waals surface area contributed by atoms with E-state index in [9.17, 15) is 14.8 Å². The van der Waals surface area contributed by atoms with Crippen LogP contribution < -0.4 is 16.0 Å². The third-order valence-corrected chi connectivity index (χ3v) is 3.50. The van der Waals surface area contributed by atoms with E-state index in [1.54, 1.807) is 28.8 Å². The Hall–Kier alpha value is -2.70. The normalized spacial score (nSPS) is 11.3. The summed E-state index contributed by atoms with van der Waals surface area (Å²) in [5.41, 5.74) is -0.356. The fraction of sp³-hybridized carbons (Fsp3) is 0.286. The minimum atomic E-state index is -0.660. The Labute approximate surface area is 119 Å². The van der Waals surface area contributed by atoms with E-state index < -0.39 is 11.2 Å². The van der Waals surface area contributed by atoms with Gasteiger partial charge in [0.15, 0.2) is 0 Å². The zero-order valence-corrected chi connectivity index (χ0v) is 11.7. The van der Waals surface area contributed by atoms with Crippen LogP contribution in [0.1, 0.15) is 13.3 Å². The third-order valence-electron chi connectivity index (χ3n) is 3.50. The summed E-state index contributed by atoms with van der Waals surface area (Å²) in [4.78, 5) is 28.0. The van der Waals surface area contributed by atoms with Crippen molar-refractivity contribution in [2.24, 2.45) is 7.05 Å². The summed E-state index contributed by atoms with van der Waals surface area (Å²) in [5.74, 6) is 0.138. The van der Waals surface area contributed by atoms with Crippen molar-refractivity contribution in [3.63, 3.8) is 0 Å². The summed E-state index contributed by atoms with van der Waals surface area (Å²) < 4.78 is 3.16. The minimum Gasteiger partial charge on any atom is -0.618 e. The van der Waals surface area contributed by atoms with Crippen molar-refractivity contribution in [3.05, 3.63) is 50.3 Å². The van der Waals surface area contributed by atoms with Gasteiger partial charge < -0.3 is 9.77 Å². The van der Waals surface area contributed by atoms with Gasteiger partial charge in [-0.2, -0.15) is 9.71 Å². The van der Waals surface area contributed by atoms with Crippen molar-refractivity contribution < 1.29 is 4.73 Å². The molecule has 0 spiro atoms. The minimum absolute atomic E-state index is 0.107. The second-order valence-electron chi connectivity index (χ2n) is 4.87. The molecule has 0 saturated heterocycles. The number of hydrogen-bond donors (Lipinski definition) is 0. The highest BCUT2D eigenvalue weighted by molar-refractivity contribution is 5.75. The molecule has 0 saturated carbocycles. The van der Waals surface area contributed by atoms with Crippen molar-refractivity contribution in [2.75, 3.05) is 0 Å². The van der Waals surface area contributed by atoms with Gasteiger partial charge in [-0.05, 0) is 12.5 Å². The van der Waals surface area contributed by atoms with Crippen LogP contribution >= 0.6 is 0 Å². The molecule has 0 amide bonds. The number of aromatic nitrogens is 4. The Bertz CT molecular complexity index is 926. The zero-order valence-electron chi connectivity index (χ0n) is 11.7. The van der Waals surface area contributed by atoms with Gasteiger partial charge in [0.25, 0.3) is 0 Å². The molecule has 0 atom stereocenters. The van der Waals surface area contributed by atoms with E-state index in [-0.39, 0.29) is 11.5 Å². The van der Waals surface area contributed by atoms with Crippen LogP contribution in [0.25, 0.3) is 22.6 Å². The van der Waals surface area contributed by atoms with Gasteiger partial charge in [0.05, 0.1) is 0 Å². The molecule has 108 valence electrons. The summed E-state index contributed by atoms with van der Waals surface area (Å²) in [7, 11) is 1.32. The molecule has 2 aliphatic rings. The lowest BCUT2D eigenvalue weighted by Crippen LogP contribution is -2.46. The maximum absolute atomic E-state index is 12.5. The van der Waals surface area contributed by atoms with Gasteiger partial charge in [0.1, 0.15) is 5.52 Å². The SMILES string of the molecule is CCCn1c2nc(=O)n(C)c(=O)c-2[n+]([O-])c2ccccc21. The van der Waals surface area contributed by atoms with E-state index in [0.29, 0.717) is 22.3 Å². The van der Waals surface area contributed by atoms with Crippen molar-refractivity contribution in [1.82, 2.24) is 14.1 Å². The molecule has 2 heterocycles. The summed E-state index contributed by atoms with van der Waals surface area (Å²) in [5, 5.41) is 12.5. The van der Waals surface area contributed by atoms with E-state index in [2.05, 4.69) is 4.98 Å². The van der Waals surface area contributed by atoms with Crippen LogP contribution in [0, 0.1) is 5.21 Å². The largest absolute Gasteiger partial charge is 0.618 e. The molecule has 0 fully saturated rings. The number of fused-ring (bicyclic) bond motifs is 2. The van der Waals surface area contributed by atoms with Crippen LogP contribution in [0.5, 0.6) is 0 Å². The van der Waals surface area contributed by atoms with E-state index in [0.717, 1.165) is 11.0 Å². The highest BCUT2D eigenvalue weighted by Gasteiger charge is 2.28. The van der Waals surface area contributed by atoms with E-state index in [4.69, 9.17) is 0 Å². The molecule has 0 radical (unpaired) electrons. The predicted molar refractivity (Wildman–Crippen MR) is 77.1 cm³/mol. The lowest BCUT2D eigenvalue weighted by atomic mass is 10.2.